The molecule has 1 aliphatic rings. The molecule has 6 heteroatoms. The Morgan fingerprint density at radius 2 is 1.86 bits per heavy atom. The van der Waals surface area contributed by atoms with Crippen molar-refractivity contribution in [3.8, 4) is 11.3 Å². The highest BCUT2D eigenvalue weighted by atomic mass is 16.5. The Morgan fingerprint density at radius 3 is 2.61 bits per heavy atom. The van der Waals surface area contributed by atoms with E-state index in [0.717, 1.165) is 55.3 Å². The summed E-state index contributed by atoms with van der Waals surface area (Å²) in [5.41, 5.74) is 10.3. The van der Waals surface area contributed by atoms with Gasteiger partial charge >= 0.3 is 0 Å². The zero-order valence-corrected chi connectivity index (χ0v) is 15.7. The summed E-state index contributed by atoms with van der Waals surface area (Å²) < 4.78 is 5.47. The third-order valence-corrected chi connectivity index (χ3v) is 4.95. The van der Waals surface area contributed by atoms with Crippen LogP contribution in [0.4, 0.5) is 5.69 Å². The van der Waals surface area contributed by atoms with E-state index in [0.29, 0.717) is 0 Å². The number of rotatable bonds is 5. The second kappa shape index (κ2) is 8.48. The summed E-state index contributed by atoms with van der Waals surface area (Å²) in [7, 11) is 0. The van der Waals surface area contributed by atoms with Gasteiger partial charge in [0.05, 0.1) is 31.0 Å². The lowest BCUT2D eigenvalue weighted by atomic mass is 10.0. The summed E-state index contributed by atoms with van der Waals surface area (Å²) in [4.78, 5) is 18.7. The number of nitrogens with one attached hydrogen (secondary N) is 1. The maximum atomic E-state index is 11.5. The molecule has 1 amide bonds. The topological polar surface area (TPSA) is 80.5 Å². The van der Waals surface area contributed by atoms with E-state index in [2.05, 4.69) is 34.5 Å². The first-order valence-corrected chi connectivity index (χ1v) is 9.52. The molecule has 3 aromatic rings. The van der Waals surface area contributed by atoms with Gasteiger partial charge in [0.25, 0.3) is 0 Å². The van der Waals surface area contributed by atoms with Crippen LogP contribution in [0.15, 0.2) is 54.6 Å². The van der Waals surface area contributed by atoms with Crippen molar-refractivity contribution >= 4 is 22.5 Å². The number of carbonyl (C=O) groups excluding carboxylic acids is 1. The Hall–Kier alpha value is -2.80. The number of anilines is 1. The van der Waals surface area contributed by atoms with Gasteiger partial charge in [-0.25, -0.2) is 4.98 Å². The minimum atomic E-state index is -0.204. The number of fused-ring (bicyclic) bond motifs is 1. The largest absolute Gasteiger partial charge is 0.379 e. The molecule has 6 nitrogen and oxygen atoms in total. The summed E-state index contributed by atoms with van der Waals surface area (Å²) in [5.74, 6) is -0.204. The van der Waals surface area contributed by atoms with Crippen molar-refractivity contribution in [1.29, 1.82) is 0 Å². The second-order valence-electron chi connectivity index (χ2n) is 6.90. The third-order valence-electron chi connectivity index (χ3n) is 4.95. The summed E-state index contributed by atoms with van der Waals surface area (Å²) in [6.45, 7) is 4.31. The molecule has 0 radical (unpaired) electrons. The van der Waals surface area contributed by atoms with E-state index < -0.39 is 0 Å². The van der Waals surface area contributed by atoms with Crippen molar-refractivity contribution in [2.45, 2.75) is 6.54 Å². The summed E-state index contributed by atoms with van der Waals surface area (Å²) in [6, 6.07) is 18.1. The molecule has 1 saturated heterocycles. The summed E-state index contributed by atoms with van der Waals surface area (Å²) in [5, 5.41) is 3.95. The SMILES string of the molecule is NCC(=O)Nc1ccc(-c2cc(CN3CCOCC3)c3ccccc3n2)cc1. The smallest absolute Gasteiger partial charge is 0.238 e. The van der Waals surface area contributed by atoms with Crippen LogP contribution in [0.2, 0.25) is 0 Å². The van der Waals surface area contributed by atoms with Crippen molar-refractivity contribution in [1.82, 2.24) is 9.88 Å². The summed E-state index contributed by atoms with van der Waals surface area (Å²) in [6.07, 6.45) is 0. The van der Waals surface area contributed by atoms with E-state index in [1.165, 1.54) is 10.9 Å². The molecule has 144 valence electrons. The predicted octanol–water partition coefficient (Wildman–Crippen LogP) is 2.63. The normalized spacial score (nSPS) is 14.9. The number of pyridine rings is 1. The monoisotopic (exact) mass is 376 g/mol. The molecule has 0 spiro atoms. The molecule has 1 aromatic heterocycles. The number of hydrogen-bond donors (Lipinski definition) is 2. The fourth-order valence-corrected chi connectivity index (χ4v) is 3.46. The molecule has 2 heterocycles. The molecular weight excluding hydrogens is 352 g/mol. The van der Waals surface area contributed by atoms with Gasteiger partial charge in [0, 0.05) is 36.3 Å². The average Bonchev–Trinajstić information content (AvgIpc) is 2.75. The molecule has 3 N–H and O–H groups in total. The van der Waals surface area contributed by atoms with Gasteiger partial charge in [-0.2, -0.15) is 0 Å². The van der Waals surface area contributed by atoms with E-state index >= 15 is 0 Å². The minimum absolute atomic E-state index is 0.0289. The molecular formula is C22H24N4O2. The number of nitrogens with zero attached hydrogens (tertiary/aromatic N) is 2. The standard InChI is InChI=1S/C22H24N4O2/c23-14-22(27)24-18-7-5-16(6-8-18)21-13-17(15-26-9-11-28-12-10-26)19-3-1-2-4-20(19)25-21/h1-8,13H,9-12,14-15,23H2,(H,24,27). The molecule has 0 aliphatic carbocycles. The summed E-state index contributed by atoms with van der Waals surface area (Å²) >= 11 is 0. The van der Waals surface area contributed by atoms with Gasteiger partial charge in [0.2, 0.25) is 5.91 Å². The number of amides is 1. The van der Waals surface area contributed by atoms with Crippen molar-refractivity contribution < 1.29 is 9.53 Å². The number of para-hydroxylation sites is 1. The van der Waals surface area contributed by atoms with E-state index in [4.69, 9.17) is 15.5 Å². The Kier molecular flexibility index (Phi) is 5.62. The number of morpholine rings is 1. The first kappa shape index (κ1) is 18.6. The van der Waals surface area contributed by atoms with Gasteiger partial charge in [-0.05, 0) is 29.8 Å². The van der Waals surface area contributed by atoms with Crippen LogP contribution in [0.25, 0.3) is 22.2 Å². The van der Waals surface area contributed by atoms with Gasteiger partial charge in [0.1, 0.15) is 0 Å². The van der Waals surface area contributed by atoms with Crippen molar-refractivity contribution in [2.75, 3.05) is 38.2 Å². The fourth-order valence-electron chi connectivity index (χ4n) is 3.46. The zero-order valence-electron chi connectivity index (χ0n) is 15.7. The van der Waals surface area contributed by atoms with Gasteiger partial charge in [-0.1, -0.05) is 30.3 Å². The number of carbonyl (C=O) groups is 1. The quantitative estimate of drug-likeness (QED) is 0.716. The molecule has 28 heavy (non-hydrogen) atoms. The van der Waals surface area contributed by atoms with Crippen molar-refractivity contribution in [3.63, 3.8) is 0 Å². The van der Waals surface area contributed by atoms with E-state index in [1.54, 1.807) is 0 Å². The van der Waals surface area contributed by atoms with Gasteiger partial charge in [-0.3, -0.25) is 9.69 Å². The van der Waals surface area contributed by atoms with Crippen LogP contribution in [-0.4, -0.2) is 48.6 Å². The van der Waals surface area contributed by atoms with Crippen LogP contribution in [0.1, 0.15) is 5.56 Å². The van der Waals surface area contributed by atoms with Gasteiger partial charge in [0.15, 0.2) is 0 Å². The minimum Gasteiger partial charge on any atom is -0.379 e. The van der Waals surface area contributed by atoms with Crippen molar-refractivity contribution in [2.24, 2.45) is 5.73 Å². The molecule has 1 aliphatic heterocycles. The van der Waals surface area contributed by atoms with E-state index in [1.807, 2.05) is 30.3 Å². The number of aromatic nitrogens is 1. The van der Waals surface area contributed by atoms with E-state index in [-0.39, 0.29) is 12.5 Å². The van der Waals surface area contributed by atoms with E-state index in [9.17, 15) is 4.79 Å². The van der Waals surface area contributed by atoms with Crippen LogP contribution in [0, 0.1) is 0 Å². The number of ether oxygens (including phenoxy) is 1. The molecule has 0 bridgehead atoms. The highest BCUT2D eigenvalue weighted by Crippen LogP contribution is 2.27. The van der Waals surface area contributed by atoms with Gasteiger partial charge in [-0.15, -0.1) is 0 Å². The van der Waals surface area contributed by atoms with Crippen LogP contribution in [0.5, 0.6) is 0 Å². The fraction of sp³-hybridized carbons (Fsp3) is 0.273. The maximum Gasteiger partial charge on any atom is 0.238 e. The van der Waals surface area contributed by atoms with Crippen LogP contribution < -0.4 is 11.1 Å². The Bertz CT molecular complexity index is 966. The Balaban J connectivity index is 1.66. The Morgan fingerprint density at radius 1 is 1.11 bits per heavy atom. The predicted molar refractivity (Wildman–Crippen MR) is 111 cm³/mol. The average molecular weight is 376 g/mol. The number of hydrogen-bond acceptors (Lipinski definition) is 5. The highest BCUT2D eigenvalue weighted by Gasteiger charge is 2.14. The van der Waals surface area contributed by atoms with Crippen molar-refractivity contribution in [3.05, 3.63) is 60.2 Å². The molecule has 0 atom stereocenters. The molecule has 2 aromatic carbocycles. The first-order chi connectivity index (χ1) is 13.7. The lowest BCUT2D eigenvalue weighted by Crippen LogP contribution is -2.35. The zero-order chi connectivity index (χ0) is 19.3. The van der Waals surface area contributed by atoms with Crippen LogP contribution in [-0.2, 0) is 16.1 Å². The van der Waals surface area contributed by atoms with Crippen LogP contribution >= 0.6 is 0 Å². The highest BCUT2D eigenvalue weighted by molar-refractivity contribution is 5.92. The lowest BCUT2D eigenvalue weighted by Gasteiger charge is -2.27. The molecule has 0 unspecified atom stereocenters. The number of nitrogens with two attached hydrogens (primary N) is 1. The first-order valence-electron chi connectivity index (χ1n) is 9.52. The maximum absolute atomic E-state index is 11.5. The van der Waals surface area contributed by atoms with Crippen LogP contribution in [0.3, 0.4) is 0 Å². The Labute approximate surface area is 164 Å². The third kappa shape index (κ3) is 4.20. The lowest BCUT2D eigenvalue weighted by molar-refractivity contribution is -0.114. The molecule has 1 fully saturated rings. The number of benzene rings is 2. The van der Waals surface area contributed by atoms with Gasteiger partial charge < -0.3 is 15.8 Å². The molecule has 4 rings (SSSR count). The second-order valence-corrected chi connectivity index (χ2v) is 6.90. The molecule has 0 saturated carbocycles.